The molecule has 2 amide bonds. The van der Waals surface area contributed by atoms with Crippen molar-refractivity contribution >= 4 is 49.4 Å². The lowest BCUT2D eigenvalue weighted by atomic mass is 9.85. The topological polar surface area (TPSA) is 160 Å². The third-order valence-corrected chi connectivity index (χ3v) is 9.62. The van der Waals surface area contributed by atoms with E-state index in [0.717, 1.165) is 6.07 Å². The first kappa shape index (κ1) is 35.3. The predicted molar refractivity (Wildman–Crippen MR) is 164 cm³/mol. The number of carbonyl (C=O) groups excluding carboxylic acids is 2. The lowest BCUT2D eigenvalue weighted by Crippen LogP contribution is -2.51. The molecule has 4 N–H and O–H groups in total. The summed E-state index contributed by atoms with van der Waals surface area (Å²) >= 11 is 6.33. The van der Waals surface area contributed by atoms with Gasteiger partial charge in [0.1, 0.15) is 5.82 Å². The number of carbonyl (C=O) groups is 2. The number of anilines is 1. The van der Waals surface area contributed by atoms with Gasteiger partial charge in [0.25, 0.3) is 26.2 Å². The molecule has 1 aliphatic rings. The minimum absolute atomic E-state index is 0.0180. The normalized spacial score (nSPS) is 15.5. The van der Waals surface area contributed by atoms with Gasteiger partial charge in [-0.1, -0.05) is 54.1 Å². The summed E-state index contributed by atoms with van der Waals surface area (Å²) in [6, 6.07) is 16.2. The van der Waals surface area contributed by atoms with Crippen molar-refractivity contribution in [3.8, 4) is 0 Å². The van der Waals surface area contributed by atoms with Gasteiger partial charge in [-0.3, -0.25) is 13.8 Å². The van der Waals surface area contributed by atoms with Crippen LogP contribution in [0.1, 0.15) is 36.3 Å². The number of halogens is 4. The predicted octanol–water partition coefficient (Wildman–Crippen LogP) is 3.68. The Morgan fingerprint density at radius 2 is 1.61 bits per heavy atom. The number of nitrogens with one attached hydrogen (secondary N) is 4. The molecule has 1 saturated carbocycles. The summed E-state index contributed by atoms with van der Waals surface area (Å²) < 4.78 is 100. The average Bonchev–Trinajstić information content (AvgIpc) is 2.98. The molecule has 4 rings (SSSR count). The van der Waals surface area contributed by atoms with Gasteiger partial charge in [-0.2, -0.15) is 21.6 Å². The van der Waals surface area contributed by atoms with Gasteiger partial charge in [-0.15, -0.1) is 0 Å². The van der Waals surface area contributed by atoms with Gasteiger partial charge < -0.3 is 10.6 Å². The second-order valence-electron chi connectivity index (χ2n) is 10.3. The van der Waals surface area contributed by atoms with E-state index >= 15 is 4.39 Å². The molecule has 0 aliphatic heterocycles. The summed E-state index contributed by atoms with van der Waals surface area (Å²) in [6.45, 7) is -1.34. The summed E-state index contributed by atoms with van der Waals surface area (Å²) in [5.74, 6) is -7.03. The summed E-state index contributed by atoms with van der Waals surface area (Å²) in [6.07, 6.45) is -1.18. The van der Waals surface area contributed by atoms with E-state index < -0.39 is 75.2 Å². The van der Waals surface area contributed by atoms with Crippen LogP contribution in [0.3, 0.4) is 0 Å². The summed E-state index contributed by atoms with van der Waals surface area (Å²) in [4.78, 5) is 26.1. The zero-order valence-corrected chi connectivity index (χ0v) is 26.4. The first-order valence-corrected chi connectivity index (χ1v) is 17.1. The van der Waals surface area contributed by atoms with Crippen LogP contribution >= 0.6 is 11.6 Å². The van der Waals surface area contributed by atoms with Crippen LogP contribution in [0.15, 0.2) is 77.7 Å². The monoisotopic (exact) mass is 702 g/mol. The fourth-order valence-electron chi connectivity index (χ4n) is 4.63. The number of alkyl halides is 2. The minimum Gasteiger partial charge on any atom is -0.352 e. The molecule has 3 aromatic rings. The smallest absolute Gasteiger partial charge is 0.296 e. The lowest BCUT2D eigenvalue weighted by Gasteiger charge is -2.36. The van der Waals surface area contributed by atoms with Crippen molar-refractivity contribution in [3.63, 3.8) is 0 Å². The maximum absolute atomic E-state index is 15.4. The Labute approximate surface area is 269 Å². The molecule has 248 valence electrons. The van der Waals surface area contributed by atoms with E-state index in [4.69, 9.17) is 15.8 Å². The third kappa shape index (κ3) is 9.49. The molecule has 1 aliphatic carbocycles. The summed E-state index contributed by atoms with van der Waals surface area (Å²) in [7, 11) is -8.25. The van der Waals surface area contributed by atoms with Gasteiger partial charge >= 0.3 is 0 Å². The van der Waals surface area contributed by atoms with Gasteiger partial charge in [0.05, 0.1) is 24.0 Å². The zero-order chi connectivity index (χ0) is 33.5. The Balaban J connectivity index is 1.38. The van der Waals surface area contributed by atoms with Gasteiger partial charge in [-0.05, 0) is 42.3 Å². The number of hydrogen-bond acceptors (Lipinski definition) is 7. The Morgan fingerprint density at radius 3 is 2.28 bits per heavy atom. The van der Waals surface area contributed by atoms with E-state index in [0.29, 0.717) is 0 Å². The highest BCUT2D eigenvalue weighted by atomic mass is 35.5. The first-order valence-electron chi connectivity index (χ1n) is 13.9. The fraction of sp³-hybridized carbons (Fsp3) is 0.310. The molecule has 0 bridgehead atoms. The highest BCUT2D eigenvalue weighted by Crippen LogP contribution is 2.40. The Kier molecular flexibility index (Phi) is 11.5. The highest BCUT2D eigenvalue weighted by Gasteiger charge is 2.46. The quantitative estimate of drug-likeness (QED) is 0.139. The van der Waals surface area contributed by atoms with Crippen molar-refractivity contribution in [1.82, 2.24) is 14.8 Å². The largest absolute Gasteiger partial charge is 0.352 e. The van der Waals surface area contributed by atoms with Crippen LogP contribution in [-0.4, -0.2) is 60.3 Å². The van der Waals surface area contributed by atoms with Crippen LogP contribution < -0.4 is 20.1 Å². The molecule has 0 radical (unpaired) electrons. The minimum atomic E-state index is -4.24. The van der Waals surface area contributed by atoms with Crippen molar-refractivity contribution in [2.75, 3.05) is 25.0 Å². The van der Waals surface area contributed by atoms with Crippen LogP contribution in [0, 0.1) is 5.82 Å². The van der Waals surface area contributed by atoms with Crippen molar-refractivity contribution in [2.24, 2.45) is 0 Å². The first-order chi connectivity index (χ1) is 21.7. The average molecular weight is 703 g/mol. The molecular formula is C29H30ClF3N4O7S2. The molecule has 0 saturated heterocycles. The lowest BCUT2D eigenvalue weighted by molar-refractivity contribution is -0.129. The molecule has 1 fully saturated rings. The highest BCUT2D eigenvalue weighted by molar-refractivity contribution is 7.87. The van der Waals surface area contributed by atoms with Crippen LogP contribution in [0.2, 0.25) is 5.02 Å². The van der Waals surface area contributed by atoms with Crippen molar-refractivity contribution in [1.29, 1.82) is 0 Å². The van der Waals surface area contributed by atoms with Crippen LogP contribution in [0.25, 0.3) is 0 Å². The number of benzene rings is 3. The SMILES string of the molecule is O=C(CNS(=O)(=O)NCCCOS(=O)(=O)c1ccccc1)Nc1cccc(F)c1[C@@H](C(=O)NC1CC(F)(F)C1)c1ccccc1Cl. The van der Waals surface area contributed by atoms with Crippen LogP contribution in [0.5, 0.6) is 0 Å². The maximum atomic E-state index is 15.4. The second-order valence-corrected chi connectivity index (χ2v) is 13.9. The van der Waals surface area contributed by atoms with Crippen LogP contribution in [0.4, 0.5) is 18.9 Å². The van der Waals surface area contributed by atoms with Crippen molar-refractivity contribution < 1.29 is 43.8 Å². The Bertz CT molecular complexity index is 1770. The third-order valence-electron chi connectivity index (χ3n) is 6.84. The van der Waals surface area contributed by atoms with Crippen molar-refractivity contribution in [2.45, 2.75) is 42.0 Å². The second kappa shape index (κ2) is 14.9. The molecule has 46 heavy (non-hydrogen) atoms. The maximum Gasteiger partial charge on any atom is 0.296 e. The Hall–Kier alpha value is -3.54. The van der Waals surface area contributed by atoms with E-state index in [9.17, 15) is 35.2 Å². The van der Waals surface area contributed by atoms with Crippen molar-refractivity contribution in [3.05, 3.63) is 94.8 Å². The molecule has 3 aromatic carbocycles. The molecule has 11 nitrogen and oxygen atoms in total. The van der Waals surface area contributed by atoms with E-state index in [1.54, 1.807) is 18.2 Å². The van der Waals surface area contributed by atoms with E-state index in [2.05, 4.69) is 15.4 Å². The van der Waals surface area contributed by atoms with Gasteiger partial charge in [0.15, 0.2) is 0 Å². The zero-order valence-electron chi connectivity index (χ0n) is 24.0. The van der Waals surface area contributed by atoms with E-state index in [1.807, 2.05) is 4.72 Å². The molecule has 0 unspecified atom stereocenters. The molecule has 0 heterocycles. The standard InChI is InChI=1S/C29H30ClF3N4O7S2/c30-22-11-5-4-10-21(22)26(28(39)36-19-16-29(32,33)17-19)27-23(31)12-6-13-24(27)37-25(38)18-35-46(42,43)34-14-7-15-44-45(40,41)20-8-2-1-3-9-20/h1-6,8-13,19,26,34-35H,7,14-18H2,(H,36,39)(H,37,38)/t26-/m0/s1. The van der Waals surface area contributed by atoms with Gasteiger partial charge in [-0.25, -0.2) is 17.9 Å². The Morgan fingerprint density at radius 1 is 0.935 bits per heavy atom. The number of amides is 2. The fourth-order valence-corrected chi connectivity index (χ4v) is 6.68. The molecule has 17 heteroatoms. The molecule has 0 aromatic heterocycles. The number of hydrogen-bond donors (Lipinski definition) is 4. The summed E-state index contributed by atoms with van der Waals surface area (Å²) in [5, 5.41) is 4.97. The molecule has 0 spiro atoms. The van der Waals surface area contributed by atoms with Gasteiger partial charge in [0.2, 0.25) is 11.8 Å². The summed E-state index contributed by atoms with van der Waals surface area (Å²) in [5.41, 5.74) is -0.328. The van der Waals surface area contributed by atoms with E-state index in [1.165, 1.54) is 48.5 Å². The molecular weight excluding hydrogens is 673 g/mol. The van der Waals surface area contributed by atoms with Crippen LogP contribution in [-0.2, 0) is 34.1 Å². The van der Waals surface area contributed by atoms with E-state index in [-0.39, 0.29) is 46.3 Å². The number of rotatable bonds is 15. The van der Waals surface area contributed by atoms with Gasteiger partial charge in [0, 0.05) is 41.7 Å². The molecule has 1 atom stereocenters.